The highest BCUT2D eigenvalue weighted by atomic mass is 19.1. The molecule has 0 aromatic heterocycles. The summed E-state index contributed by atoms with van der Waals surface area (Å²) in [6, 6.07) is 13.4. The Hall–Kier alpha value is -2.24. The number of rotatable bonds is 5. The number of carbonyl (C=O) groups excluding carboxylic acids is 1. The monoisotopic (exact) mass is 357 g/mol. The van der Waals surface area contributed by atoms with Gasteiger partial charge in [0.25, 0.3) is 0 Å². The smallest absolute Gasteiger partial charge is 0.338 e. The second kappa shape index (κ2) is 8.43. The number of morpholine rings is 1. The third kappa shape index (κ3) is 5.13. The van der Waals surface area contributed by atoms with Gasteiger partial charge in [-0.05, 0) is 49.2 Å². The van der Waals surface area contributed by atoms with E-state index < -0.39 is 0 Å². The molecule has 1 fully saturated rings. The average molecular weight is 357 g/mol. The molecule has 4 nitrogen and oxygen atoms in total. The predicted octanol–water partition coefficient (Wildman–Crippen LogP) is 3.79. The summed E-state index contributed by atoms with van der Waals surface area (Å²) in [6.07, 6.45) is 0.471. The van der Waals surface area contributed by atoms with Gasteiger partial charge in [-0.2, -0.15) is 0 Å². The van der Waals surface area contributed by atoms with Gasteiger partial charge in [0.1, 0.15) is 12.4 Å². The van der Waals surface area contributed by atoms with Gasteiger partial charge >= 0.3 is 5.97 Å². The molecule has 0 radical (unpaired) electrons. The molecular formula is C21H24FNO3. The Morgan fingerprint density at radius 2 is 1.62 bits per heavy atom. The lowest BCUT2D eigenvalue weighted by Gasteiger charge is -2.35. The maximum absolute atomic E-state index is 12.9. The van der Waals surface area contributed by atoms with Gasteiger partial charge in [-0.15, -0.1) is 0 Å². The van der Waals surface area contributed by atoms with Gasteiger partial charge < -0.3 is 9.47 Å². The minimum Gasteiger partial charge on any atom is -0.457 e. The van der Waals surface area contributed by atoms with Crippen LogP contribution in [0.5, 0.6) is 0 Å². The summed E-state index contributed by atoms with van der Waals surface area (Å²) in [5, 5.41) is 0. The molecule has 3 rings (SSSR count). The quantitative estimate of drug-likeness (QED) is 0.763. The van der Waals surface area contributed by atoms with E-state index >= 15 is 0 Å². The van der Waals surface area contributed by atoms with Crippen molar-refractivity contribution in [3.8, 4) is 0 Å². The molecule has 1 aliphatic rings. The average Bonchev–Trinajstić information content (AvgIpc) is 2.61. The van der Waals surface area contributed by atoms with Crippen LogP contribution in [0.25, 0.3) is 0 Å². The molecule has 1 saturated heterocycles. The molecule has 0 amide bonds. The minimum atomic E-state index is -0.380. The Morgan fingerprint density at radius 3 is 2.23 bits per heavy atom. The number of esters is 1. The SMILES string of the molecule is CC1CN(Cc2ccc(C(=O)OCc3ccc(F)cc3)cc2)CC(C)O1. The van der Waals surface area contributed by atoms with Crippen LogP contribution in [0.15, 0.2) is 48.5 Å². The summed E-state index contributed by atoms with van der Waals surface area (Å²) in [6.45, 7) is 6.96. The number of halogens is 1. The molecule has 2 aromatic rings. The second-order valence-corrected chi connectivity index (χ2v) is 6.85. The van der Waals surface area contributed by atoms with Crippen LogP contribution in [0.4, 0.5) is 4.39 Å². The van der Waals surface area contributed by atoms with Crippen LogP contribution in [0, 0.1) is 5.82 Å². The zero-order valence-electron chi connectivity index (χ0n) is 15.2. The first-order valence-electron chi connectivity index (χ1n) is 8.88. The highest BCUT2D eigenvalue weighted by Crippen LogP contribution is 2.15. The summed E-state index contributed by atoms with van der Waals surface area (Å²) in [7, 11) is 0. The van der Waals surface area contributed by atoms with Crippen molar-refractivity contribution in [1.29, 1.82) is 0 Å². The van der Waals surface area contributed by atoms with E-state index in [1.807, 2.05) is 12.1 Å². The molecule has 2 aromatic carbocycles. The molecule has 0 aliphatic carbocycles. The van der Waals surface area contributed by atoms with Crippen LogP contribution >= 0.6 is 0 Å². The fourth-order valence-electron chi connectivity index (χ4n) is 3.23. The third-order valence-electron chi connectivity index (χ3n) is 4.37. The molecule has 0 bridgehead atoms. The van der Waals surface area contributed by atoms with Crippen molar-refractivity contribution in [2.24, 2.45) is 0 Å². The first-order valence-corrected chi connectivity index (χ1v) is 8.88. The Bertz CT molecular complexity index is 720. The Morgan fingerprint density at radius 1 is 1.04 bits per heavy atom. The zero-order chi connectivity index (χ0) is 18.5. The van der Waals surface area contributed by atoms with E-state index in [1.165, 1.54) is 12.1 Å². The van der Waals surface area contributed by atoms with Crippen molar-refractivity contribution >= 4 is 5.97 Å². The zero-order valence-corrected chi connectivity index (χ0v) is 15.2. The summed E-state index contributed by atoms with van der Waals surface area (Å²) in [5.41, 5.74) is 2.42. The van der Waals surface area contributed by atoms with Crippen molar-refractivity contribution in [1.82, 2.24) is 4.90 Å². The lowest BCUT2D eigenvalue weighted by molar-refractivity contribution is -0.0704. The van der Waals surface area contributed by atoms with E-state index in [2.05, 4.69) is 18.7 Å². The van der Waals surface area contributed by atoms with Crippen LogP contribution in [0.3, 0.4) is 0 Å². The van der Waals surface area contributed by atoms with Crippen LogP contribution < -0.4 is 0 Å². The number of carbonyl (C=O) groups is 1. The summed E-state index contributed by atoms with van der Waals surface area (Å²) < 4.78 is 23.9. The van der Waals surface area contributed by atoms with E-state index in [1.54, 1.807) is 24.3 Å². The largest absolute Gasteiger partial charge is 0.457 e. The van der Waals surface area contributed by atoms with E-state index in [9.17, 15) is 9.18 Å². The van der Waals surface area contributed by atoms with E-state index in [0.29, 0.717) is 5.56 Å². The summed E-state index contributed by atoms with van der Waals surface area (Å²) in [5.74, 6) is -0.686. The molecule has 1 aliphatic heterocycles. The number of ether oxygens (including phenoxy) is 2. The molecular weight excluding hydrogens is 333 g/mol. The first kappa shape index (κ1) is 18.5. The molecule has 2 atom stereocenters. The normalized spacial score (nSPS) is 20.7. The molecule has 138 valence electrons. The van der Waals surface area contributed by atoms with Gasteiger partial charge in [0.05, 0.1) is 17.8 Å². The summed E-state index contributed by atoms with van der Waals surface area (Å²) >= 11 is 0. The van der Waals surface area contributed by atoms with Crippen LogP contribution in [0.2, 0.25) is 0 Å². The van der Waals surface area contributed by atoms with Crippen molar-refractivity contribution in [2.45, 2.75) is 39.2 Å². The molecule has 26 heavy (non-hydrogen) atoms. The number of hydrogen-bond donors (Lipinski definition) is 0. The fourth-order valence-corrected chi connectivity index (χ4v) is 3.23. The van der Waals surface area contributed by atoms with Gasteiger partial charge in [-0.25, -0.2) is 9.18 Å². The van der Waals surface area contributed by atoms with E-state index in [0.717, 1.165) is 30.8 Å². The number of benzene rings is 2. The van der Waals surface area contributed by atoms with Crippen molar-refractivity contribution in [3.05, 3.63) is 71.0 Å². The highest BCUT2D eigenvalue weighted by Gasteiger charge is 2.22. The Kier molecular flexibility index (Phi) is 6.01. The standard InChI is InChI=1S/C21H24FNO3/c1-15-11-23(12-16(2)26-15)13-17-3-7-19(8-4-17)21(24)25-14-18-5-9-20(22)10-6-18/h3-10,15-16H,11-14H2,1-2H3. The predicted molar refractivity (Wildman–Crippen MR) is 97.2 cm³/mol. The molecule has 2 unspecified atom stereocenters. The molecule has 1 heterocycles. The third-order valence-corrected chi connectivity index (χ3v) is 4.37. The van der Waals surface area contributed by atoms with Crippen LogP contribution in [-0.2, 0) is 22.6 Å². The number of nitrogens with zero attached hydrogens (tertiary/aromatic N) is 1. The van der Waals surface area contributed by atoms with Crippen LogP contribution in [-0.4, -0.2) is 36.2 Å². The fraction of sp³-hybridized carbons (Fsp3) is 0.381. The van der Waals surface area contributed by atoms with Gasteiger partial charge in [0.2, 0.25) is 0 Å². The first-order chi connectivity index (χ1) is 12.5. The Balaban J connectivity index is 1.53. The lowest BCUT2D eigenvalue weighted by Crippen LogP contribution is -2.44. The van der Waals surface area contributed by atoms with Gasteiger partial charge in [-0.1, -0.05) is 24.3 Å². The lowest BCUT2D eigenvalue weighted by atomic mass is 10.1. The molecule has 0 N–H and O–H groups in total. The number of hydrogen-bond acceptors (Lipinski definition) is 4. The van der Waals surface area contributed by atoms with E-state index in [4.69, 9.17) is 9.47 Å². The second-order valence-electron chi connectivity index (χ2n) is 6.85. The van der Waals surface area contributed by atoms with E-state index in [-0.39, 0.29) is 30.6 Å². The maximum atomic E-state index is 12.9. The van der Waals surface area contributed by atoms with Crippen molar-refractivity contribution in [2.75, 3.05) is 13.1 Å². The molecule has 0 spiro atoms. The summed E-state index contributed by atoms with van der Waals surface area (Å²) in [4.78, 5) is 14.5. The van der Waals surface area contributed by atoms with Crippen molar-refractivity contribution in [3.63, 3.8) is 0 Å². The molecule has 5 heteroatoms. The minimum absolute atomic E-state index is 0.129. The molecule has 0 saturated carbocycles. The highest BCUT2D eigenvalue weighted by molar-refractivity contribution is 5.89. The van der Waals surface area contributed by atoms with Gasteiger partial charge in [0, 0.05) is 19.6 Å². The van der Waals surface area contributed by atoms with Gasteiger partial charge in [0.15, 0.2) is 0 Å². The van der Waals surface area contributed by atoms with Crippen molar-refractivity contribution < 1.29 is 18.7 Å². The van der Waals surface area contributed by atoms with Gasteiger partial charge in [-0.3, -0.25) is 4.90 Å². The Labute approximate surface area is 153 Å². The maximum Gasteiger partial charge on any atom is 0.338 e. The topological polar surface area (TPSA) is 38.8 Å². The van der Waals surface area contributed by atoms with Crippen LogP contribution in [0.1, 0.15) is 35.3 Å².